The van der Waals surface area contributed by atoms with Crippen LogP contribution >= 0.6 is 17.2 Å². The number of rotatable bonds is 5. The first-order valence-corrected chi connectivity index (χ1v) is 13.7. The maximum atomic E-state index is 4.66. The summed E-state index contributed by atoms with van der Waals surface area (Å²) in [5.74, 6) is 0. The average Bonchev–Trinajstić information content (AvgIpc) is 3.52. The molecule has 0 N–H and O–H groups in total. The van der Waals surface area contributed by atoms with Gasteiger partial charge in [0.2, 0.25) is 0 Å². The summed E-state index contributed by atoms with van der Waals surface area (Å²) in [6.45, 7) is 14.2. The monoisotopic (exact) mass is 546 g/mol. The van der Waals surface area contributed by atoms with E-state index in [4.69, 9.17) is 0 Å². The maximum Gasteiger partial charge on any atom is 0.0769 e. The van der Waals surface area contributed by atoms with Gasteiger partial charge in [-0.25, -0.2) is 12.1 Å². The van der Waals surface area contributed by atoms with Gasteiger partial charge in [-0.05, 0) is 10.3 Å². The molecule has 7 heteroatoms. The van der Waals surface area contributed by atoms with Gasteiger partial charge in [0.25, 0.3) is 0 Å². The first-order chi connectivity index (χ1) is 16.0. The normalized spacial score (nSPS) is 12.0. The zero-order chi connectivity index (χ0) is 24.8. The van der Waals surface area contributed by atoms with E-state index in [-0.39, 0.29) is 35.3 Å². The Kier molecular flexibility index (Phi) is 10.5. The molecule has 0 saturated heterocycles. The van der Waals surface area contributed by atoms with Crippen molar-refractivity contribution in [3.05, 3.63) is 108 Å². The third-order valence-electron chi connectivity index (χ3n) is 5.77. The van der Waals surface area contributed by atoms with Gasteiger partial charge in [0.15, 0.2) is 0 Å². The van der Waals surface area contributed by atoms with Crippen LogP contribution in [0.3, 0.4) is 0 Å². The Morgan fingerprint density at radius 1 is 0.800 bits per heavy atom. The maximum absolute atomic E-state index is 4.66. The summed E-state index contributed by atoms with van der Waals surface area (Å²) in [4.78, 5) is 18.0. The van der Waals surface area contributed by atoms with Crippen LogP contribution in [0.1, 0.15) is 64.1 Å². The molecule has 0 spiro atoms. The second-order valence-corrected chi connectivity index (χ2v) is 15.1. The van der Waals surface area contributed by atoms with Crippen molar-refractivity contribution in [2.75, 3.05) is 0 Å². The van der Waals surface area contributed by atoms with Crippen molar-refractivity contribution in [2.45, 2.75) is 63.2 Å². The molecule has 0 aliphatic heterocycles. The summed E-state index contributed by atoms with van der Waals surface area (Å²) in [5, 5.41) is -0.0757. The van der Waals surface area contributed by atoms with Crippen molar-refractivity contribution in [2.24, 2.45) is 0 Å². The first-order valence-electron chi connectivity index (χ1n) is 11.6. The molecule has 0 aliphatic rings. The molecule has 2 aromatic heterocycles. The summed E-state index contributed by atoms with van der Waals surface area (Å²) >= 11 is 0. The molecule has 4 rings (SSSR count). The molecule has 2 aromatic carbocycles. The van der Waals surface area contributed by atoms with Gasteiger partial charge in [0.05, 0.1) is 16.5 Å². The molecule has 0 aliphatic carbocycles. The first kappa shape index (κ1) is 29.5. The Hall–Kier alpha value is -1.76. The minimum absolute atomic E-state index is 0. The van der Waals surface area contributed by atoms with E-state index in [2.05, 4.69) is 88.9 Å². The fourth-order valence-corrected chi connectivity index (χ4v) is 8.52. The zero-order valence-electron chi connectivity index (χ0n) is 21.5. The van der Waals surface area contributed by atoms with Crippen molar-refractivity contribution >= 4 is 17.2 Å². The summed E-state index contributed by atoms with van der Waals surface area (Å²) in [5.41, 5.74) is 4.28. The zero-order valence-corrected chi connectivity index (χ0v) is 24.6. The van der Waals surface area contributed by atoms with E-state index in [1.54, 1.807) is 24.8 Å². The third-order valence-corrected chi connectivity index (χ3v) is 10.6. The second-order valence-electron chi connectivity index (χ2n) is 10.3. The number of hydrogen-bond donors (Lipinski definition) is 0. The molecule has 192 valence electrons. The Labute approximate surface area is 225 Å². The fraction of sp³-hybridized carbons (Fsp3) is 0.357. The van der Waals surface area contributed by atoms with E-state index in [1.807, 2.05) is 42.7 Å². The van der Waals surface area contributed by atoms with Crippen LogP contribution in [0.2, 0.25) is 0 Å². The molecule has 0 amide bonds. The number of nitrogens with zero attached hydrogens (tertiary/aromatic N) is 4. The van der Waals surface area contributed by atoms with Crippen molar-refractivity contribution in [1.29, 1.82) is 0 Å². The Morgan fingerprint density at radius 3 is 1.63 bits per heavy atom. The Morgan fingerprint density at radius 2 is 1.26 bits per heavy atom. The van der Waals surface area contributed by atoms with E-state index >= 15 is 0 Å². The second kappa shape index (κ2) is 12.5. The number of hydrogen-bond acceptors (Lipinski definition) is 4. The molecule has 0 radical (unpaired) electrons. The summed E-state index contributed by atoms with van der Waals surface area (Å²) in [6.07, 6.45) is 11.6. The molecule has 4 aromatic rings. The Bertz CT molecular complexity index is 1040. The van der Waals surface area contributed by atoms with Crippen molar-refractivity contribution in [3.63, 3.8) is 0 Å². The summed E-state index contributed by atoms with van der Waals surface area (Å²) in [7, 11) is 2.73. The van der Waals surface area contributed by atoms with Crippen LogP contribution in [0.5, 0.6) is 0 Å². The molecule has 35 heavy (non-hydrogen) atoms. The molecular formula is C28H36FeN4P2-6. The van der Waals surface area contributed by atoms with E-state index in [1.165, 1.54) is 11.1 Å². The van der Waals surface area contributed by atoms with Gasteiger partial charge in [-0.2, -0.15) is 6.07 Å². The van der Waals surface area contributed by atoms with Gasteiger partial charge in [0.1, 0.15) is 0 Å². The van der Waals surface area contributed by atoms with Crippen molar-refractivity contribution in [3.8, 4) is 0 Å². The van der Waals surface area contributed by atoms with E-state index < -0.39 is 5.16 Å². The van der Waals surface area contributed by atoms with Crippen LogP contribution in [0.4, 0.5) is 0 Å². The molecule has 0 fully saturated rings. The quantitative estimate of drug-likeness (QED) is 0.152. The summed E-state index contributed by atoms with van der Waals surface area (Å²) in [6, 6.07) is 16.6. The molecule has 4 nitrogen and oxygen atoms in total. The van der Waals surface area contributed by atoms with Crippen LogP contribution in [-0.2, 0) is 28.4 Å². The Balaban J connectivity index is 0.000000640. The largest absolute Gasteiger partial charge is 0.748 e. The topological polar surface area (TPSA) is 51.6 Å². The van der Waals surface area contributed by atoms with Gasteiger partial charge in [-0.3, -0.25) is 19.9 Å². The van der Waals surface area contributed by atoms with Gasteiger partial charge in [0, 0.05) is 54.2 Å². The SMILES string of the molecule is CC(C)(C)P(C[c-]1cccc1C(P)(c1cnccn1)c1cnccn1)C(C)(C)C.[Fe].[cH-]1[cH-][cH-][cH-][cH-]1. The van der Waals surface area contributed by atoms with Crippen LogP contribution < -0.4 is 0 Å². The number of aromatic nitrogens is 4. The minimum Gasteiger partial charge on any atom is -0.748 e. The smallest absolute Gasteiger partial charge is 0.0769 e. The van der Waals surface area contributed by atoms with Crippen LogP contribution in [0, 0.1) is 0 Å². The van der Waals surface area contributed by atoms with E-state index in [0.29, 0.717) is 0 Å². The van der Waals surface area contributed by atoms with Crippen LogP contribution in [0.15, 0.2) is 85.7 Å². The van der Waals surface area contributed by atoms with E-state index in [9.17, 15) is 0 Å². The standard InChI is InChI=1S/C23H31N4P2.C5H5.Fe/c1-21(2,3)29(22(4,5)6)16-17-8-7-9-18(17)23(28,19-14-24-10-12-26-19)20-15-25-11-13-27-20;1-2-4-5-3-1;/h7-15H,16,28H2,1-6H3;1-5H;/q-1;-5;. The third kappa shape index (κ3) is 7.37. The van der Waals surface area contributed by atoms with Gasteiger partial charge in [-0.1, -0.05) is 47.7 Å². The molecule has 1 atom stereocenters. The van der Waals surface area contributed by atoms with E-state index in [0.717, 1.165) is 17.5 Å². The summed E-state index contributed by atoms with van der Waals surface area (Å²) < 4.78 is 0. The molecule has 0 saturated carbocycles. The average molecular weight is 546 g/mol. The molecule has 0 bridgehead atoms. The van der Waals surface area contributed by atoms with Gasteiger partial charge >= 0.3 is 0 Å². The minimum atomic E-state index is -0.585. The van der Waals surface area contributed by atoms with Crippen molar-refractivity contribution < 1.29 is 17.1 Å². The predicted octanol–water partition coefficient (Wildman–Crippen LogP) is 7.13. The van der Waals surface area contributed by atoms with Crippen LogP contribution in [-0.4, -0.2) is 30.2 Å². The molecule has 2 heterocycles. The fourth-order valence-electron chi connectivity index (χ4n) is 4.36. The van der Waals surface area contributed by atoms with Crippen LogP contribution in [0.25, 0.3) is 0 Å². The van der Waals surface area contributed by atoms with Crippen molar-refractivity contribution in [1.82, 2.24) is 19.9 Å². The molecule has 1 unspecified atom stereocenters. The van der Waals surface area contributed by atoms with Gasteiger partial charge < -0.3 is 30.3 Å². The molecular weight excluding hydrogens is 510 g/mol. The van der Waals surface area contributed by atoms with Gasteiger partial charge in [-0.15, -0.1) is 28.3 Å². The predicted molar refractivity (Wildman–Crippen MR) is 148 cm³/mol.